The third-order valence-corrected chi connectivity index (χ3v) is 5.72. The number of aliphatic hydroxyl groups excluding tert-OH is 1. The van der Waals surface area contributed by atoms with Crippen LogP contribution in [0.4, 0.5) is 5.69 Å². The second-order valence-corrected chi connectivity index (χ2v) is 7.67. The Morgan fingerprint density at radius 2 is 1.94 bits per heavy atom. The van der Waals surface area contributed by atoms with Crippen molar-refractivity contribution in [3.63, 3.8) is 0 Å². The Morgan fingerprint density at radius 1 is 1.33 bits per heavy atom. The summed E-state index contributed by atoms with van der Waals surface area (Å²) in [6.07, 6.45) is 0.462. The SMILES string of the molecule is Nc1cc(Br)cc(Br)c1S(=O)(=O)NC1CC(O)C1. The predicted octanol–water partition coefficient (Wildman–Crippen LogP) is 1.60. The second-order valence-electron chi connectivity index (χ2n) is 4.25. The van der Waals surface area contributed by atoms with Crippen LogP contribution in [-0.4, -0.2) is 25.7 Å². The molecule has 0 aliphatic heterocycles. The second kappa shape index (κ2) is 5.09. The fraction of sp³-hybridized carbons (Fsp3) is 0.400. The molecule has 2 rings (SSSR count). The number of benzene rings is 1. The molecule has 18 heavy (non-hydrogen) atoms. The van der Waals surface area contributed by atoms with Gasteiger partial charge in [-0.25, -0.2) is 13.1 Å². The van der Waals surface area contributed by atoms with Gasteiger partial charge in [-0.2, -0.15) is 0 Å². The van der Waals surface area contributed by atoms with E-state index < -0.39 is 16.1 Å². The first kappa shape index (κ1) is 14.3. The average Bonchev–Trinajstić information content (AvgIpc) is 2.11. The van der Waals surface area contributed by atoms with Crippen molar-refractivity contribution >= 4 is 47.6 Å². The number of nitrogens with one attached hydrogen (secondary N) is 1. The molecule has 1 aromatic rings. The van der Waals surface area contributed by atoms with Gasteiger partial charge in [0.1, 0.15) is 4.90 Å². The summed E-state index contributed by atoms with van der Waals surface area (Å²) < 4.78 is 28.0. The zero-order chi connectivity index (χ0) is 13.5. The molecule has 5 nitrogen and oxygen atoms in total. The summed E-state index contributed by atoms with van der Waals surface area (Å²) in [6.45, 7) is 0. The van der Waals surface area contributed by atoms with Crippen LogP contribution in [0.15, 0.2) is 26.0 Å². The van der Waals surface area contributed by atoms with Crippen molar-refractivity contribution in [3.8, 4) is 0 Å². The minimum Gasteiger partial charge on any atom is -0.398 e. The third-order valence-electron chi connectivity index (χ3n) is 2.74. The van der Waals surface area contributed by atoms with E-state index in [9.17, 15) is 8.42 Å². The van der Waals surface area contributed by atoms with Crippen LogP contribution < -0.4 is 10.5 Å². The van der Waals surface area contributed by atoms with E-state index in [0.29, 0.717) is 21.8 Å². The van der Waals surface area contributed by atoms with Crippen molar-refractivity contribution in [2.45, 2.75) is 29.9 Å². The van der Waals surface area contributed by atoms with Gasteiger partial charge in [-0.15, -0.1) is 0 Å². The summed E-state index contributed by atoms with van der Waals surface area (Å²) in [5.41, 5.74) is 5.91. The van der Waals surface area contributed by atoms with Crippen LogP contribution in [0.3, 0.4) is 0 Å². The van der Waals surface area contributed by atoms with Crippen molar-refractivity contribution in [2.24, 2.45) is 0 Å². The first-order valence-electron chi connectivity index (χ1n) is 5.24. The van der Waals surface area contributed by atoms with E-state index in [1.807, 2.05) is 0 Å². The number of nitrogens with two attached hydrogens (primary N) is 1. The molecule has 1 aliphatic carbocycles. The van der Waals surface area contributed by atoms with E-state index in [4.69, 9.17) is 10.8 Å². The van der Waals surface area contributed by atoms with Crippen molar-refractivity contribution in [1.82, 2.24) is 4.72 Å². The Hall–Kier alpha value is -0.150. The lowest BCUT2D eigenvalue weighted by atomic mass is 9.91. The number of sulfonamides is 1. The number of halogens is 2. The van der Waals surface area contributed by atoms with Crippen LogP contribution in [-0.2, 0) is 10.0 Å². The minimum atomic E-state index is -3.68. The number of anilines is 1. The Labute approximate surface area is 122 Å². The van der Waals surface area contributed by atoms with E-state index in [1.54, 1.807) is 6.07 Å². The maximum absolute atomic E-state index is 12.2. The molecule has 4 N–H and O–H groups in total. The Kier molecular flexibility index (Phi) is 4.03. The maximum Gasteiger partial charge on any atom is 0.244 e. The van der Waals surface area contributed by atoms with E-state index in [1.165, 1.54) is 6.07 Å². The minimum absolute atomic E-state index is 0.0343. The summed E-state index contributed by atoms with van der Waals surface area (Å²) in [7, 11) is -3.68. The van der Waals surface area contributed by atoms with Gasteiger partial charge >= 0.3 is 0 Å². The molecule has 0 bridgehead atoms. The van der Waals surface area contributed by atoms with Crippen molar-refractivity contribution in [1.29, 1.82) is 0 Å². The number of nitrogen functional groups attached to an aromatic ring is 1. The number of hydrogen-bond acceptors (Lipinski definition) is 4. The van der Waals surface area contributed by atoms with Crippen LogP contribution in [0, 0.1) is 0 Å². The summed E-state index contributed by atoms with van der Waals surface area (Å²) in [5.74, 6) is 0. The summed E-state index contributed by atoms with van der Waals surface area (Å²) in [5, 5.41) is 9.16. The lowest BCUT2D eigenvalue weighted by molar-refractivity contribution is 0.0712. The fourth-order valence-corrected chi connectivity index (χ4v) is 5.16. The van der Waals surface area contributed by atoms with Crippen molar-refractivity contribution in [3.05, 3.63) is 21.1 Å². The van der Waals surface area contributed by atoms with Gasteiger partial charge < -0.3 is 10.8 Å². The molecule has 100 valence electrons. The highest BCUT2D eigenvalue weighted by atomic mass is 79.9. The molecular weight excluding hydrogens is 388 g/mol. The lowest BCUT2D eigenvalue weighted by Gasteiger charge is -2.31. The summed E-state index contributed by atoms with van der Waals surface area (Å²) in [4.78, 5) is 0.0343. The van der Waals surface area contributed by atoms with E-state index >= 15 is 0 Å². The molecule has 1 saturated carbocycles. The smallest absolute Gasteiger partial charge is 0.244 e. The van der Waals surface area contributed by atoms with Gasteiger partial charge in [0.2, 0.25) is 10.0 Å². The quantitative estimate of drug-likeness (QED) is 0.673. The van der Waals surface area contributed by atoms with Crippen LogP contribution in [0.5, 0.6) is 0 Å². The monoisotopic (exact) mass is 398 g/mol. The molecule has 0 heterocycles. The summed E-state index contributed by atoms with van der Waals surface area (Å²) >= 11 is 6.44. The van der Waals surface area contributed by atoms with E-state index in [-0.39, 0.29) is 16.6 Å². The first-order valence-corrected chi connectivity index (χ1v) is 8.31. The standard InChI is InChI=1S/C10H12Br2N2O3S/c11-5-1-8(12)10(9(13)2-5)18(16,17)14-6-3-7(15)4-6/h1-2,6-7,14-15H,3-4,13H2. The van der Waals surface area contributed by atoms with E-state index in [2.05, 4.69) is 36.6 Å². The van der Waals surface area contributed by atoms with Gasteiger partial charge in [0, 0.05) is 15.0 Å². The highest BCUT2D eigenvalue weighted by molar-refractivity contribution is 9.11. The lowest BCUT2D eigenvalue weighted by Crippen LogP contribution is -2.46. The molecule has 0 atom stereocenters. The van der Waals surface area contributed by atoms with Crippen molar-refractivity contribution < 1.29 is 13.5 Å². The van der Waals surface area contributed by atoms with Gasteiger partial charge in [0.05, 0.1) is 11.8 Å². The maximum atomic E-state index is 12.2. The van der Waals surface area contributed by atoms with Gasteiger partial charge in [-0.3, -0.25) is 0 Å². The molecular formula is C10H12Br2N2O3S. The molecule has 0 saturated heterocycles. The molecule has 0 radical (unpaired) electrons. The number of rotatable bonds is 3. The highest BCUT2D eigenvalue weighted by Crippen LogP contribution is 2.32. The number of aliphatic hydroxyl groups is 1. The normalized spacial score (nSPS) is 23.7. The van der Waals surface area contributed by atoms with Crippen molar-refractivity contribution in [2.75, 3.05) is 5.73 Å². The molecule has 0 aromatic heterocycles. The molecule has 1 aliphatic rings. The molecule has 0 amide bonds. The fourth-order valence-electron chi connectivity index (χ4n) is 1.83. The molecule has 8 heteroatoms. The Morgan fingerprint density at radius 3 is 2.44 bits per heavy atom. The van der Waals surface area contributed by atoms with Gasteiger partial charge in [-0.05, 0) is 40.9 Å². The van der Waals surface area contributed by atoms with Gasteiger partial charge in [0.25, 0.3) is 0 Å². The van der Waals surface area contributed by atoms with E-state index in [0.717, 1.165) is 0 Å². The topological polar surface area (TPSA) is 92.4 Å². The van der Waals surface area contributed by atoms with Crippen LogP contribution in [0.2, 0.25) is 0 Å². The zero-order valence-electron chi connectivity index (χ0n) is 9.23. The van der Waals surface area contributed by atoms with Gasteiger partial charge in [0.15, 0.2) is 0 Å². The largest absolute Gasteiger partial charge is 0.398 e. The summed E-state index contributed by atoms with van der Waals surface area (Å²) in [6, 6.07) is 2.94. The van der Waals surface area contributed by atoms with Crippen LogP contribution in [0.25, 0.3) is 0 Å². The zero-order valence-corrected chi connectivity index (χ0v) is 13.2. The van der Waals surface area contributed by atoms with Crippen LogP contribution >= 0.6 is 31.9 Å². The van der Waals surface area contributed by atoms with Crippen LogP contribution in [0.1, 0.15) is 12.8 Å². The first-order chi connectivity index (χ1) is 8.29. The molecule has 1 fully saturated rings. The highest BCUT2D eigenvalue weighted by Gasteiger charge is 2.32. The molecule has 1 aromatic carbocycles. The molecule has 0 unspecified atom stereocenters. The Bertz CT molecular complexity index is 547. The Balaban J connectivity index is 2.30. The number of hydrogen-bond donors (Lipinski definition) is 3. The van der Waals surface area contributed by atoms with Gasteiger partial charge in [-0.1, -0.05) is 15.9 Å². The predicted molar refractivity (Wildman–Crippen MR) is 75.6 cm³/mol. The molecule has 0 spiro atoms. The third kappa shape index (κ3) is 2.88. The average molecular weight is 400 g/mol.